The summed E-state index contributed by atoms with van der Waals surface area (Å²) in [6.07, 6.45) is 5.68. The van der Waals surface area contributed by atoms with Crippen molar-refractivity contribution in [3.05, 3.63) is 71.5 Å². The van der Waals surface area contributed by atoms with E-state index in [4.69, 9.17) is 21.1 Å². The average Bonchev–Trinajstić information content (AvgIpc) is 3.25. The maximum atomic E-state index is 12.5. The molecule has 5 rings (SSSR count). The Kier molecular flexibility index (Phi) is 6.11. The zero-order valence-corrected chi connectivity index (χ0v) is 18.7. The van der Waals surface area contributed by atoms with Gasteiger partial charge in [-0.15, -0.1) is 5.10 Å². The summed E-state index contributed by atoms with van der Waals surface area (Å²) < 4.78 is 12.2. The molecule has 0 radical (unpaired) electrons. The summed E-state index contributed by atoms with van der Waals surface area (Å²) in [5.41, 5.74) is 0.990. The fourth-order valence-corrected chi connectivity index (χ4v) is 4.57. The van der Waals surface area contributed by atoms with Gasteiger partial charge in [-0.05, 0) is 55.2 Å². The molecule has 3 aromatic rings. The van der Waals surface area contributed by atoms with Gasteiger partial charge in [-0.25, -0.2) is 9.78 Å². The molecule has 9 heteroatoms. The van der Waals surface area contributed by atoms with Crippen LogP contribution in [0.15, 0.2) is 60.9 Å². The molecule has 1 N–H and O–H groups in total. The quantitative estimate of drug-likeness (QED) is 0.590. The molecular formula is C24H24ClN5O3. The first-order valence-corrected chi connectivity index (χ1v) is 11.3. The molecule has 1 spiro atoms. The molecular weight excluding hydrogens is 442 g/mol. The number of aromatic nitrogens is 3. The van der Waals surface area contributed by atoms with Gasteiger partial charge in [0.2, 0.25) is 5.88 Å². The number of carbonyl (C=O) groups excluding carboxylic acids is 1. The molecule has 0 bridgehead atoms. The summed E-state index contributed by atoms with van der Waals surface area (Å²) in [6, 6.07) is 14.9. The molecule has 170 valence electrons. The van der Waals surface area contributed by atoms with Crippen molar-refractivity contribution in [1.29, 1.82) is 0 Å². The van der Waals surface area contributed by atoms with Crippen molar-refractivity contribution in [3.8, 4) is 11.6 Å². The molecule has 0 saturated carbocycles. The highest BCUT2D eigenvalue weighted by Gasteiger charge is 2.43. The number of nitrogens with zero attached hydrogens (tertiary/aromatic N) is 4. The van der Waals surface area contributed by atoms with Gasteiger partial charge in [0.15, 0.2) is 5.82 Å². The molecule has 2 aromatic heterocycles. The fraction of sp³-hybridized carbons (Fsp3) is 0.333. The van der Waals surface area contributed by atoms with Crippen molar-refractivity contribution < 1.29 is 14.3 Å². The second-order valence-corrected chi connectivity index (χ2v) is 8.85. The Morgan fingerprint density at radius 2 is 2.06 bits per heavy atom. The number of nitrogens with one attached hydrogen (secondary N) is 1. The van der Waals surface area contributed by atoms with Crippen LogP contribution in [0, 0.1) is 0 Å². The smallest absolute Gasteiger partial charge is 0.323 e. The van der Waals surface area contributed by atoms with E-state index in [1.54, 1.807) is 36.7 Å². The summed E-state index contributed by atoms with van der Waals surface area (Å²) in [5, 5.41) is 11.1. The number of piperidine rings is 1. The lowest BCUT2D eigenvalue weighted by atomic mass is 9.83. The minimum atomic E-state index is -0.192. The van der Waals surface area contributed by atoms with E-state index in [0.717, 1.165) is 25.0 Å². The predicted octanol–water partition coefficient (Wildman–Crippen LogP) is 4.89. The lowest BCUT2D eigenvalue weighted by molar-refractivity contribution is -0.0355. The number of hydrogen-bond donors (Lipinski definition) is 1. The van der Waals surface area contributed by atoms with Crippen LogP contribution in [0.25, 0.3) is 0 Å². The number of pyridine rings is 1. The predicted molar refractivity (Wildman–Crippen MR) is 124 cm³/mol. The molecule has 0 unspecified atom stereocenters. The largest absolute Gasteiger partial charge is 0.439 e. The lowest BCUT2D eigenvalue weighted by Crippen LogP contribution is -2.47. The molecule has 1 aromatic carbocycles. The number of benzene rings is 1. The Balaban J connectivity index is 1.18. The minimum absolute atomic E-state index is 0.152. The number of rotatable bonds is 4. The van der Waals surface area contributed by atoms with E-state index in [0.29, 0.717) is 36.4 Å². The van der Waals surface area contributed by atoms with Crippen molar-refractivity contribution >= 4 is 23.4 Å². The van der Waals surface area contributed by atoms with E-state index in [2.05, 4.69) is 26.6 Å². The minimum Gasteiger partial charge on any atom is -0.439 e. The van der Waals surface area contributed by atoms with Crippen molar-refractivity contribution in [2.24, 2.45) is 0 Å². The van der Waals surface area contributed by atoms with Gasteiger partial charge in [0.25, 0.3) is 0 Å². The number of carbonyl (C=O) groups is 1. The highest BCUT2D eigenvalue weighted by atomic mass is 35.5. The summed E-state index contributed by atoms with van der Waals surface area (Å²) in [7, 11) is 0. The molecule has 2 aliphatic heterocycles. The Bertz CT molecular complexity index is 1100. The van der Waals surface area contributed by atoms with E-state index in [-0.39, 0.29) is 17.6 Å². The highest BCUT2D eigenvalue weighted by molar-refractivity contribution is 6.30. The first-order chi connectivity index (χ1) is 16.1. The van der Waals surface area contributed by atoms with E-state index < -0.39 is 0 Å². The zero-order valence-electron chi connectivity index (χ0n) is 18.0. The molecule has 2 amide bonds. The Morgan fingerprint density at radius 3 is 2.82 bits per heavy atom. The van der Waals surface area contributed by atoms with Gasteiger partial charge < -0.3 is 14.4 Å². The Morgan fingerprint density at radius 1 is 1.18 bits per heavy atom. The molecule has 4 heterocycles. The first kappa shape index (κ1) is 21.6. The van der Waals surface area contributed by atoms with E-state index >= 15 is 0 Å². The van der Waals surface area contributed by atoms with Gasteiger partial charge in [0, 0.05) is 37.5 Å². The van der Waals surface area contributed by atoms with Crippen LogP contribution in [0.2, 0.25) is 5.02 Å². The van der Waals surface area contributed by atoms with Gasteiger partial charge in [0.1, 0.15) is 5.75 Å². The number of likely N-dealkylation sites (tertiary alicyclic amines) is 1. The number of anilines is 1. The third-order valence-corrected chi connectivity index (χ3v) is 6.45. The zero-order chi connectivity index (χ0) is 22.7. The summed E-state index contributed by atoms with van der Waals surface area (Å²) in [6.45, 7) is 1.95. The standard InChI is InChI=1S/C24H24ClN5O3/c25-19-6-7-22(26-15-19)33-20-4-1-3-17(13-20)18-14-24(32-16-18)8-11-30(12-9-24)23(31)28-21-5-2-10-27-29-21/h1-7,10,13,15,18H,8-9,11-12,14,16H2,(H,28,29,31)/t18-/m1/s1. The van der Waals surface area contributed by atoms with Crippen molar-refractivity contribution in [1.82, 2.24) is 20.1 Å². The highest BCUT2D eigenvalue weighted by Crippen LogP contribution is 2.43. The normalized spacial score (nSPS) is 19.4. The molecule has 1 atom stereocenters. The van der Waals surface area contributed by atoms with Crippen LogP contribution >= 0.6 is 11.6 Å². The number of hydrogen-bond acceptors (Lipinski definition) is 6. The Hall–Kier alpha value is -3.23. The summed E-state index contributed by atoms with van der Waals surface area (Å²) in [4.78, 5) is 18.5. The van der Waals surface area contributed by atoms with Gasteiger partial charge in [0.05, 0.1) is 17.2 Å². The number of halogens is 1. The van der Waals surface area contributed by atoms with Gasteiger partial charge in [-0.1, -0.05) is 23.7 Å². The van der Waals surface area contributed by atoms with Crippen molar-refractivity contribution in [2.75, 3.05) is 25.0 Å². The monoisotopic (exact) mass is 465 g/mol. The average molecular weight is 466 g/mol. The van der Waals surface area contributed by atoms with Crippen LogP contribution in [-0.2, 0) is 4.74 Å². The number of ether oxygens (including phenoxy) is 2. The van der Waals surface area contributed by atoms with Crippen LogP contribution in [0.4, 0.5) is 10.6 Å². The van der Waals surface area contributed by atoms with Gasteiger partial charge >= 0.3 is 6.03 Å². The second kappa shape index (κ2) is 9.33. The van der Waals surface area contributed by atoms with E-state index in [1.807, 2.05) is 23.1 Å². The molecule has 0 aliphatic carbocycles. The molecule has 2 aliphatic rings. The summed E-state index contributed by atoms with van der Waals surface area (Å²) in [5.74, 6) is 1.98. The van der Waals surface area contributed by atoms with Crippen LogP contribution in [0.5, 0.6) is 11.6 Å². The Labute approximate surface area is 196 Å². The van der Waals surface area contributed by atoms with Crippen LogP contribution < -0.4 is 10.1 Å². The SMILES string of the molecule is O=C(Nc1cccnn1)N1CCC2(CC1)C[C@@H](c1cccc(Oc3ccc(Cl)cn3)c1)CO2. The van der Waals surface area contributed by atoms with Crippen molar-refractivity contribution in [3.63, 3.8) is 0 Å². The van der Waals surface area contributed by atoms with Gasteiger partial charge in [-0.2, -0.15) is 5.10 Å². The fourth-order valence-electron chi connectivity index (χ4n) is 4.46. The maximum absolute atomic E-state index is 12.5. The van der Waals surface area contributed by atoms with E-state index in [1.165, 1.54) is 5.56 Å². The third-order valence-electron chi connectivity index (χ3n) is 6.23. The van der Waals surface area contributed by atoms with Gasteiger partial charge in [-0.3, -0.25) is 5.32 Å². The summed E-state index contributed by atoms with van der Waals surface area (Å²) >= 11 is 5.90. The third kappa shape index (κ3) is 5.07. The topological polar surface area (TPSA) is 89.5 Å². The van der Waals surface area contributed by atoms with Crippen LogP contribution in [0.3, 0.4) is 0 Å². The van der Waals surface area contributed by atoms with Crippen LogP contribution in [-0.4, -0.2) is 51.4 Å². The molecule has 33 heavy (non-hydrogen) atoms. The van der Waals surface area contributed by atoms with Crippen LogP contribution in [0.1, 0.15) is 30.7 Å². The van der Waals surface area contributed by atoms with E-state index in [9.17, 15) is 4.79 Å². The molecule has 8 nitrogen and oxygen atoms in total. The lowest BCUT2D eigenvalue weighted by Gasteiger charge is -2.38. The maximum Gasteiger partial charge on any atom is 0.323 e. The number of amides is 2. The molecule has 2 saturated heterocycles. The molecule has 2 fully saturated rings. The van der Waals surface area contributed by atoms with Crippen molar-refractivity contribution in [2.45, 2.75) is 30.8 Å². The first-order valence-electron chi connectivity index (χ1n) is 11.0. The number of urea groups is 1. The second-order valence-electron chi connectivity index (χ2n) is 8.41.